The molecule has 0 aliphatic rings. The van der Waals surface area contributed by atoms with Gasteiger partial charge in [-0.15, -0.1) is 0 Å². The topological polar surface area (TPSA) is 50.4 Å². The monoisotopic (exact) mass is 288 g/mol. The van der Waals surface area contributed by atoms with Gasteiger partial charge in [-0.05, 0) is 31.5 Å². The van der Waals surface area contributed by atoms with Gasteiger partial charge in [0.15, 0.2) is 0 Å². The number of ether oxygens (including phenoxy) is 1. The van der Waals surface area contributed by atoms with Crippen molar-refractivity contribution in [2.45, 2.75) is 26.4 Å². The van der Waals surface area contributed by atoms with Gasteiger partial charge in [0.2, 0.25) is 0 Å². The minimum Gasteiger partial charge on any atom is -0.377 e. The first-order valence-corrected chi connectivity index (χ1v) is 6.56. The van der Waals surface area contributed by atoms with Gasteiger partial charge < -0.3 is 15.4 Å². The molecule has 0 fully saturated rings. The summed E-state index contributed by atoms with van der Waals surface area (Å²) >= 11 is 5.62. The largest absolute Gasteiger partial charge is 0.377 e. The molecular formula is C13H18ClFN2O2. The maximum atomic E-state index is 13.4. The molecule has 1 aromatic carbocycles. The normalized spacial score (nSPS) is 12.0. The maximum Gasteiger partial charge on any atom is 0.319 e. The number of amides is 2. The maximum absolute atomic E-state index is 13.4. The van der Waals surface area contributed by atoms with Gasteiger partial charge in [-0.3, -0.25) is 0 Å². The Morgan fingerprint density at radius 2 is 2.21 bits per heavy atom. The molecule has 0 aromatic heterocycles. The summed E-state index contributed by atoms with van der Waals surface area (Å²) in [6, 6.07) is 3.60. The third-order valence-electron chi connectivity index (χ3n) is 2.53. The minimum absolute atomic E-state index is 0.0363. The first-order chi connectivity index (χ1) is 9.06. The van der Waals surface area contributed by atoms with Crippen LogP contribution in [0.1, 0.15) is 20.3 Å². The molecule has 2 N–H and O–H groups in total. The van der Waals surface area contributed by atoms with Crippen molar-refractivity contribution in [1.82, 2.24) is 5.32 Å². The van der Waals surface area contributed by atoms with Gasteiger partial charge in [-0.2, -0.15) is 0 Å². The second-order valence-corrected chi connectivity index (χ2v) is 4.38. The SMILES string of the molecule is CCO[C@@H](CC)CNC(=O)Nc1ccc(Cl)cc1F. The first-order valence-electron chi connectivity index (χ1n) is 6.18. The number of carbonyl (C=O) groups excluding carboxylic acids is 1. The van der Waals surface area contributed by atoms with Crippen molar-refractivity contribution in [3.05, 3.63) is 29.0 Å². The Morgan fingerprint density at radius 1 is 1.47 bits per heavy atom. The van der Waals surface area contributed by atoms with E-state index in [1.54, 1.807) is 0 Å². The zero-order valence-corrected chi connectivity index (χ0v) is 11.8. The zero-order valence-electron chi connectivity index (χ0n) is 11.0. The lowest BCUT2D eigenvalue weighted by Gasteiger charge is -2.16. The first kappa shape index (κ1) is 15.7. The highest BCUT2D eigenvalue weighted by Crippen LogP contribution is 2.18. The molecule has 0 spiro atoms. The van der Waals surface area contributed by atoms with Gasteiger partial charge in [-0.25, -0.2) is 9.18 Å². The van der Waals surface area contributed by atoms with Gasteiger partial charge in [0.25, 0.3) is 0 Å². The highest BCUT2D eigenvalue weighted by atomic mass is 35.5. The van der Waals surface area contributed by atoms with Crippen molar-refractivity contribution >= 4 is 23.3 Å². The van der Waals surface area contributed by atoms with E-state index in [4.69, 9.17) is 16.3 Å². The standard InChI is InChI=1S/C13H18ClFN2O2/c1-3-10(19-4-2)8-16-13(18)17-12-6-5-9(14)7-11(12)15/h5-7,10H,3-4,8H2,1-2H3,(H2,16,17,18)/t10-/m0/s1. The number of halogens is 2. The van der Waals surface area contributed by atoms with Crippen LogP contribution in [0, 0.1) is 5.82 Å². The van der Waals surface area contributed by atoms with Crippen molar-refractivity contribution in [1.29, 1.82) is 0 Å². The predicted molar refractivity (Wildman–Crippen MR) is 74.1 cm³/mol. The third-order valence-corrected chi connectivity index (χ3v) is 2.76. The average Bonchev–Trinajstić information content (AvgIpc) is 2.38. The lowest BCUT2D eigenvalue weighted by Crippen LogP contribution is -2.36. The molecule has 0 unspecified atom stereocenters. The van der Waals surface area contributed by atoms with Crippen LogP contribution in [0.15, 0.2) is 18.2 Å². The lowest BCUT2D eigenvalue weighted by molar-refractivity contribution is 0.0622. The van der Waals surface area contributed by atoms with E-state index in [1.165, 1.54) is 12.1 Å². The Morgan fingerprint density at radius 3 is 2.79 bits per heavy atom. The Hall–Kier alpha value is -1.33. The molecule has 0 heterocycles. The number of hydrogen-bond donors (Lipinski definition) is 2. The van der Waals surface area contributed by atoms with Gasteiger partial charge in [-0.1, -0.05) is 18.5 Å². The van der Waals surface area contributed by atoms with Crippen molar-refractivity contribution in [2.24, 2.45) is 0 Å². The van der Waals surface area contributed by atoms with Crippen LogP contribution >= 0.6 is 11.6 Å². The summed E-state index contributed by atoms with van der Waals surface area (Å²) in [4.78, 5) is 11.6. The fourth-order valence-corrected chi connectivity index (χ4v) is 1.68. The summed E-state index contributed by atoms with van der Waals surface area (Å²) in [5.74, 6) is -0.570. The Labute approximate surface area is 117 Å². The molecule has 0 aliphatic carbocycles. The van der Waals surface area contributed by atoms with Crippen molar-refractivity contribution < 1.29 is 13.9 Å². The fraction of sp³-hybridized carbons (Fsp3) is 0.462. The van der Waals surface area contributed by atoms with E-state index in [9.17, 15) is 9.18 Å². The molecule has 0 bridgehead atoms. The molecule has 2 amide bonds. The van der Waals surface area contributed by atoms with Gasteiger partial charge in [0.05, 0.1) is 11.8 Å². The highest BCUT2D eigenvalue weighted by Gasteiger charge is 2.10. The second-order valence-electron chi connectivity index (χ2n) is 3.94. The molecule has 4 nitrogen and oxygen atoms in total. The van der Waals surface area contributed by atoms with Crippen molar-refractivity contribution in [2.75, 3.05) is 18.5 Å². The molecular weight excluding hydrogens is 271 g/mol. The van der Waals surface area contributed by atoms with Crippen LogP contribution in [0.5, 0.6) is 0 Å². The second kappa shape index (κ2) is 7.96. The van der Waals surface area contributed by atoms with E-state index in [-0.39, 0.29) is 16.8 Å². The van der Waals surface area contributed by atoms with Crippen LogP contribution in [0.2, 0.25) is 5.02 Å². The molecule has 1 aromatic rings. The van der Waals surface area contributed by atoms with Crippen LogP contribution in [0.25, 0.3) is 0 Å². The van der Waals surface area contributed by atoms with Crippen LogP contribution < -0.4 is 10.6 Å². The Balaban J connectivity index is 2.46. The van der Waals surface area contributed by atoms with E-state index in [0.717, 1.165) is 12.5 Å². The molecule has 0 radical (unpaired) electrons. The minimum atomic E-state index is -0.570. The summed E-state index contributed by atoms with van der Waals surface area (Å²) < 4.78 is 18.8. The summed E-state index contributed by atoms with van der Waals surface area (Å²) in [5.41, 5.74) is 0.0892. The quantitative estimate of drug-likeness (QED) is 0.843. The Kier molecular flexibility index (Phi) is 6.59. The Bertz CT molecular complexity index is 429. The molecule has 0 saturated heterocycles. The number of nitrogens with one attached hydrogen (secondary N) is 2. The summed E-state index contributed by atoms with van der Waals surface area (Å²) in [6.45, 7) is 4.84. The number of anilines is 1. The highest BCUT2D eigenvalue weighted by molar-refractivity contribution is 6.30. The van der Waals surface area contributed by atoms with Crippen LogP contribution in [-0.2, 0) is 4.74 Å². The number of benzene rings is 1. The predicted octanol–water partition coefficient (Wildman–Crippen LogP) is 3.42. The molecule has 0 saturated carbocycles. The number of carbonyl (C=O) groups is 1. The van der Waals surface area contributed by atoms with Crippen molar-refractivity contribution in [3.63, 3.8) is 0 Å². The van der Waals surface area contributed by atoms with Crippen LogP contribution in [0.3, 0.4) is 0 Å². The van der Waals surface area contributed by atoms with E-state index >= 15 is 0 Å². The molecule has 19 heavy (non-hydrogen) atoms. The van der Waals surface area contributed by atoms with E-state index < -0.39 is 11.8 Å². The molecule has 106 valence electrons. The number of hydrogen-bond acceptors (Lipinski definition) is 2. The zero-order chi connectivity index (χ0) is 14.3. The van der Waals surface area contributed by atoms with E-state index in [0.29, 0.717) is 13.2 Å². The molecule has 0 aliphatic heterocycles. The number of urea groups is 1. The fourth-order valence-electron chi connectivity index (χ4n) is 1.52. The average molecular weight is 289 g/mol. The van der Waals surface area contributed by atoms with Gasteiger partial charge >= 0.3 is 6.03 Å². The number of rotatable bonds is 6. The smallest absolute Gasteiger partial charge is 0.319 e. The molecule has 6 heteroatoms. The van der Waals surface area contributed by atoms with E-state index in [2.05, 4.69) is 10.6 Å². The van der Waals surface area contributed by atoms with Crippen molar-refractivity contribution in [3.8, 4) is 0 Å². The van der Waals surface area contributed by atoms with Crippen LogP contribution in [-0.4, -0.2) is 25.3 Å². The summed E-state index contributed by atoms with van der Waals surface area (Å²) in [7, 11) is 0. The molecule has 1 atom stereocenters. The summed E-state index contributed by atoms with van der Waals surface area (Å²) in [6.07, 6.45) is 0.759. The molecule has 1 rings (SSSR count). The lowest BCUT2D eigenvalue weighted by atomic mass is 10.3. The van der Waals surface area contributed by atoms with Gasteiger partial charge in [0, 0.05) is 18.2 Å². The summed E-state index contributed by atoms with van der Waals surface area (Å²) in [5, 5.41) is 5.34. The van der Waals surface area contributed by atoms with Crippen LogP contribution in [0.4, 0.5) is 14.9 Å². The third kappa shape index (κ3) is 5.44. The van der Waals surface area contributed by atoms with Gasteiger partial charge in [0.1, 0.15) is 5.82 Å². The van der Waals surface area contributed by atoms with E-state index in [1.807, 2.05) is 13.8 Å².